The predicted octanol–water partition coefficient (Wildman–Crippen LogP) is 5.86. The van der Waals surface area contributed by atoms with E-state index in [0.29, 0.717) is 21.8 Å². The zero-order valence-corrected chi connectivity index (χ0v) is 17.5. The largest absolute Gasteiger partial charge is 0.433 e. The van der Waals surface area contributed by atoms with Crippen molar-refractivity contribution in [3.05, 3.63) is 46.7 Å². The summed E-state index contributed by atoms with van der Waals surface area (Å²) in [5.74, 6) is -0.0125. The van der Waals surface area contributed by atoms with Crippen molar-refractivity contribution in [1.82, 2.24) is 14.9 Å². The summed E-state index contributed by atoms with van der Waals surface area (Å²) < 4.78 is 48.2. The monoisotopic (exact) mass is 489 g/mol. The van der Waals surface area contributed by atoms with Gasteiger partial charge in [0.1, 0.15) is 5.69 Å². The zero-order valence-electron chi connectivity index (χ0n) is 15.2. The Kier molecular flexibility index (Phi) is 5.03. The van der Waals surface area contributed by atoms with Crippen molar-refractivity contribution in [1.29, 1.82) is 0 Å². The minimum Gasteiger partial charge on any atom is -0.390 e. The topological polar surface area (TPSA) is 64.1 Å². The number of rotatable bonds is 4. The lowest BCUT2D eigenvalue weighted by molar-refractivity contribution is -0.148. The Balaban J connectivity index is 1.84. The number of alkyl halides is 4. The maximum Gasteiger partial charge on any atom is 0.433 e. The fraction of sp³-hybridized carbons (Fsp3) is 0.368. The molecule has 1 aromatic carbocycles. The first-order chi connectivity index (χ1) is 13.6. The first-order valence-corrected chi connectivity index (χ1v) is 10.3. The quantitative estimate of drug-likeness (QED) is 0.466. The van der Waals surface area contributed by atoms with Crippen LogP contribution in [0.15, 0.2) is 35.0 Å². The fourth-order valence-corrected chi connectivity index (χ4v) is 4.47. The van der Waals surface area contributed by atoms with E-state index in [9.17, 15) is 18.3 Å². The molecule has 1 aliphatic carbocycles. The molecule has 0 radical (unpaired) electrons. The average Bonchev–Trinajstić information content (AvgIpc) is 3.23. The van der Waals surface area contributed by atoms with E-state index in [2.05, 4.69) is 26.2 Å². The Labute approximate surface area is 177 Å². The number of hydrogen-bond acceptors (Lipinski definition) is 4. The van der Waals surface area contributed by atoms with E-state index in [4.69, 9.17) is 16.1 Å². The molecule has 154 valence electrons. The zero-order chi connectivity index (χ0) is 21.0. The lowest BCUT2D eigenvalue weighted by atomic mass is 9.77. The molecule has 4 rings (SSSR count). The predicted molar refractivity (Wildman–Crippen MR) is 105 cm³/mol. The summed E-state index contributed by atoms with van der Waals surface area (Å²) in [6.45, 7) is 1.59. The minimum absolute atomic E-state index is 0.0125. The highest BCUT2D eigenvalue weighted by Crippen LogP contribution is 2.47. The van der Waals surface area contributed by atoms with E-state index in [1.54, 1.807) is 31.2 Å². The number of halogens is 5. The number of nitrogens with zero attached hydrogens (tertiary/aromatic N) is 3. The fourth-order valence-electron chi connectivity index (χ4n) is 3.73. The molecule has 2 heterocycles. The molecule has 0 amide bonds. The molecule has 0 bridgehead atoms. The summed E-state index contributed by atoms with van der Waals surface area (Å²) in [5, 5.41) is 18.5. The van der Waals surface area contributed by atoms with Gasteiger partial charge in [-0.05, 0) is 25.8 Å². The van der Waals surface area contributed by atoms with Crippen molar-refractivity contribution in [2.45, 2.75) is 42.9 Å². The molecule has 29 heavy (non-hydrogen) atoms. The molecule has 0 atom stereocenters. The first-order valence-electron chi connectivity index (χ1n) is 8.79. The van der Waals surface area contributed by atoms with E-state index in [1.165, 1.54) is 0 Å². The maximum absolute atomic E-state index is 14.0. The summed E-state index contributed by atoms with van der Waals surface area (Å²) in [7, 11) is 0. The molecule has 2 aromatic heterocycles. The van der Waals surface area contributed by atoms with Crippen LogP contribution in [-0.4, -0.2) is 25.6 Å². The van der Waals surface area contributed by atoms with Crippen LogP contribution < -0.4 is 0 Å². The van der Waals surface area contributed by atoms with E-state index in [-0.39, 0.29) is 29.5 Å². The number of aromatic nitrogens is 3. The van der Waals surface area contributed by atoms with Gasteiger partial charge in [0.25, 0.3) is 0 Å². The molecule has 5 nitrogen and oxygen atoms in total. The second-order valence-corrected chi connectivity index (χ2v) is 8.33. The van der Waals surface area contributed by atoms with Crippen LogP contribution in [0.4, 0.5) is 13.2 Å². The van der Waals surface area contributed by atoms with Gasteiger partial charge >= 0.3 is 6.18 Å². The summed E-state index contributed by atoms with van der Waals surface area (Å²) in [5.41, 5.74) is -0.705. The Bertz CT molecular complexity index is 1050. The average molecular weight is 491 g/mol. The highest BCUT2D eigenvalue weighted by atomic mass is 79.9. The van der Waals surface area contributed by atoms with Crippen LogP contribution in [0.1, 0.15) is 37.1 Å². The Morgan fingerprint density at radius 1 is 1.31 bits per heavy atom. The standard InChI is InChI=1S/C19H16BrClF3N3O2/c1-18(28)6-10(7-18)27-17(19(22,23)24)13(9-25-27)16-12(8-20)15(26-29-16)11-4-2-3-5-14(11)21/h2-5,9-10,28H,6-8H2,1H3. The molecular weight excluding hydrogens is 475 g/mol. The highest BCUT2D eigenvalue weighted by molar-refractivity contribution is 9.08. The van der Waals surface area contributed by atoms with Crippen molar-refractivity contribution in [3.8, 4) is 22.6 Å². The molecule has 1 fully saturated rings. The van der Waals surface area contributed by atoms with Gasteiger partial charge in [-0.2, -0.15) is 18.3 Å². The lowest BCUT2D eigenvalue weighted by Crippen LogP contribution is -2.43. The molecular formula is C19H16BrClF3N3O2. The van der Waals surface area contributed by atoms with Gasteiger partial charge in [0.05, 0.1) is 28.4 Å². The van der Waals surface area contributed by atoms with Crippen LogP contribution in [-0.2, 0) is 11.5 Å². The van der Waals surface area contributed by atoms with Gasteiger partial charge in [0.15, 0.2) is 11.5 Å². The van der Waals surface area contributed by atoms with Crippen molar-refractivity contribution >= 4 is 27.5 Å². The summed E-state index contributed by atoms with van der Waals surface area (Å²) >= 11 is 9.55. The van der Waals surface area contributed by atoms with Crippen molar-refractivity contribution < 1.29 is 22.8 Å². The summed E-state index contributed by atoms with van der Waals surface area (Å²) in [4.78, 5) is 0. The molecule has 0 unspecified atom stereocenters. The van der Waals surface area contributed by atoms with E-state index >= 15 is 0 Å². The number of hydrogen-bond donors (Lipinski definition) is 1. The van der Waals surface area contributed by atoms with Crippen LogP contribution in [0.2, 0.25) is 5.02 Å². The number of benzene rings is 1. The molecule has 1 N–H and O–H groups in total. The van der Waals surface area contributed by atoms with Gasteiger partial charge in [-0.15, -0.1) is 0 Å². The molecule has 1 aliphatic rings. The third-order valence-electron chi connectivity index (χ3n) is 5.06. The van der Waals surface area contributed by atoms with Crippen LogP contribution in [0.5, 0.6) is 0 Å². The van der Waals surface area contributed by atoms with Crippen LogP contribution in [0.3, 0.4) is 0 Å². The first kappa shape index (κ1) is 20.4. The number of aliphatic hydroxyl groups is 1. The summed E-state index contributed by atoms with van der Waals surface area (Å²) in [6.07, 6.45) is -3.12. The van der Waals surface area contributed by atoms with Gasteiger partial charge in [0.2, 0.25) is 0 Å². The second kappa shape index (κ2) is 7.14. The second-order valence-electron chi connectivity index (χ2n) is 7.36. The molecule has 0 aliphatic heterocycles. The van der Waals surface area contributed by atoms with E-state index < -0.39 is 23.5 Å². The van der Waals surface area contributed by atoms with Crippen LogP contribution in [0.25, 0.3) is 22.6 Å². The summed E-state index contributed by atoms with van der Waals surface area (Å²) in [6, 6.07) is 6.37. The van der Waals surface area contributed by atoms with Crippen molar-refractivity contribution in [3.63, 3.8) is 0 Å². The highest BCUT2D eigenvalue weighted by Gasteiger charge is 2.47. The third-order valence-corrected chi connectivity index (χ3v) is 5.95. The van der Waals surface area contributed by atoms with Gasteiger partial charge in [-0.25, -0.2) is 0 Å². The molecule has 0 saturated heterocycles. The minimum atomic E-state index is -4.66. The smallest absolute Gasteiger partial charge is 0.390 e. The van der Waals surface area contributed by atoms with Crippen molar-refractivity contribution in [2.75, 3.05) is 0 Å². The van der Waals surface area contributed by atoms with Gasteiger partial charge in [0, 0.05) is 16.5 Å². The van der Waals surface area contributed by atoms with Crippen LogP contribution >= 0.6 is 27.5 Å². The van der Waals surface area contributed by atoms with E-state index in [0.717, 1.165) is 10.9 Å². The SMILES string of the molecule is CC1(O)CC(n2ncc(-c3onc(-c4ccccc4Cl)c3CBr)c2C(F)(F)F)C1. The van der Waals surface area contributed by atoms with Crippen molar-refractivity contribution in [2.24, 2.45) is 0 Å². The molecule has 10 heteroatoms. The Morgan fingerprint density at radius 3 is 2.59 bits per heavy atom. The molecule has 3 aromatic rings. The van der Waals surface area contributed by atoms with Gasteiger partial charge < -0.3 is 9.63 Å². The van der Waals surface area contributed by atoms with Gasteiger partial charge in [-0.3, -0.25) is 4.68 Å². The third kappa shape index (κ3) is 3.60. The Morgan fingerprint density at radius 2 is 2.00 bits per heavy atom. The normalized spacial score (nSPS) is 22.0. The molecule has 0 spiro atoms. The molecule has 1 saturated carbocycles. The van der Waals surface area contributed by atoms with E-state index in [1.807, 2.05) is 0 Å². The van der Waals surface area contributed by atoms with Gasteiger partial charge in [-0.1, -0.05) is 50.9 Å². The Hall–Kier alpha value is -1.84. The maximum atomic E-state index is 14.0. The lowest BCUT2D eigenvalue weighted by Gasteiger charge is -2.41. The van der Waals surface area contributed by atoms with Crippen LogP contribution in [0, 0.1) is 0 Å².